The van der Waals surface area contributed by atoms with Gasteiger partial charge in [0.05, 0.1) is 27.2 Å². The predicted octanol–water partition coefficient (Wildman–Crippen LogP) is 4.15. The highest BCUT2D eigenvalue weighted by Gasteiger charge is 2.40. The van der Waals surface area contributed by atoms with E-state index >= 15 is 0 Å². The van der Waals surface area contributed by atoms with Crippen molar-refractivity contribution in [3.8, 4) is 11.5 Å². The number of hydrogen-bond donors (Lipinski definition) is 1. The number of anilines is 1. The lowest BCUT2D eigenvalue weighted by molar-refractivity contribution is -0.151. The first-order valence-corrected chi connectivity index (χ1v) is 11.8. The average molecular weight is 506 g/mol. The number of methoxy groups -OCH3 is 2. The van der Waals surface area contributed by atoms with E-state index in [9.17, 15) is 14.7 Å². The minimum Gasteiger partial charge on any atom is -0.493 e. The number of carbonyl (C=O) groups excluding carboxylic acids is 2. The van der Waals surface area contributed by atoms with Gasteiger partial charge < -0.3 is 29.0 Å². The molecule has 1 heterocycles. The van der Waals surface area contributed by atoms with Gasteiger partial charge >= 0.3 is 5.97 Å². The number of carbonyl (C=O) groups is 2. The second-order valence-corrected chi connectivity index (χ2v) is 9.48. The normalized spacial score (nSPS) is 18.0. The largest absolute Gasteiger partial charge is 0.493 e. The smallest absolute Gasteiger partial charge is 0.308 e. The second-order valence-electron chi connectivity index (χ2n) is 9.05. The Morgan fingerprint density at radius 3 is 2.54 bits per heavy atom. The molecule has 35 heavy (non-hydrogen) atoms. The van der Waals surface area contributed by atoms with Gasteiger partial charge in [-0.1, -0.05) is 37.6 Å². The van der Waals surface area contributed by atoms with Crippen LogP contribution in [0.4, 0.5) is 5.69 Å². The van der Waals surface area contributed by atoms with Gasteiger partial charge in [0.1, 0.15) is 12.2 Å². The molecule has 0 radical (unpaired) electrons. The van der Waals surface area contributed by atoms with E-state index in [-0.39, 0.29) is 26.2 Å². The number of hydrogen-bond acceptors (Lipinski definition) is 7. The van der Waals surface area contributed by atoms with E-state index in [4.69, 9.17) is 30.5 Å². The number of para-hydroxylation sites is 1. The van der Waals surface area contributed by atoms with Crippen LogP contribution in [0.1, 0.15) is 44.4 Å². The van der Waals surface area contributed by atoms with Crippen molar-refractivity contribution in [3.63, 3.8) is 0 Å². The first-order chi connectivity index (χ1) is 16.6. The summed E-state index contributed by atoms with van der Waals surface area (Å²) in [5.41, 5.74) is 1.19. The number of aliphatic hydroxyl groups is 1. The van der Waals surface area contributed by atoms with Crippen molar-refractivity contribution >= 4 is 29.2 Å². The molecule has 0 aliphatic carbocycles. The molecule has 0 bridgehead atoms. The Bertz CT molecular complexity index is 1070. The Balaban J connectivity index is 2.23. The molecule has 8 nitrogen and oxygen atoms in total. The van der Waals surface area contributed by atoms with E-state index in [2.05, 4.69) is 0 Å². The van der Waals surface area contributed by atoms with Crippen LogP contribution in [0.5, 0.6) is 11.5 Å². The van der Waals surface area contributed by atoms with Crippen molar-refractivity contribution in [1.82, 2.24) is 0 Å². The van der Waals surface area contributed by atoms with Crippen LogP contribution in [0.25, 0.3) is 0 Å². The molecule has 0 saturated carbocycles. The lowest BCUT2D eigenvalue weighted by atomic mass is 9.92. The van der Waals surface area contributed by atoms with Crippen LogP contribution in [0.15, 0.2) is 36.4 Å². The lowest BCUT2D eigenvalue weighted by Gasteiger charge is -2.32. The van der Waals surface area contributed by atoms with Gasteiger partial charge in [-0.2, -0.15) is 0 Å². The fraction of sp³-hybridized carbons (Fsp3) is 0.462. The summed E-state index contributed by atoms with van der Waals surface area (Å²) in [6.07, 6.45) is -2.22. The Labute approximate surface area is 210 Å². The number of nitrogens with zero attached hydrogens (tertiary/aromatic N) is 1. The number of fused-ring (bicyclic) bond motifs is 1. The number of amides is 1. The zero-order valence-electron chi connectivity index (χ0n) is 20.7. The van der Waals surface area contributed by atoms with Crippen molar-refractivity contribution in [1.29, 1.82) is 0 Å². The number of benzene rings is 2. The van der Waals surface area contributed by atoms with Crippen LogP contribution >= 0.6 is 11.6 Å². The van der Waals surface area contributed by atoms with Crippen LogP contribution in [0.3, 0.4) is 0 Å². The molecule has 1 aliphatic rings. The van der Waals surface area contributed by atoms with Gasteiger partial charge in [0, 0.05) is 40.4 Å². The molecule has 0 saturated heterocycles. The average Bonchev–Trinajstić information content (AvgIpc) is 2.93. The minimum atomic E-state index is -1.14. The van der Waals surface area contributed by atoms with Crippen molar-refractivity contribution in [3.05, 3.63) is 52.5 Å². The van der Waals surface area contributed by atoms with Crippen LogP contribution in [0.2, 0.25) is 5.02 Å². The molecular formula is C26H32ClNO7. The Hall–Kier alpha value is -2.81. The van der Waals surface area contributed by atoms with Crippen LogP contribution in [0, 0.1) is 5.41 Å². The summed E-state index contributed by atoms with van der Waals surface area (Å²) in [5.74, 6) is -0.0227. The highest BCUT2D eigenvalue weighted by atomic mass is 35.5. The van der Waals surface area contributed by atoms with Crippen molar-refractivity contribution in [2.45, 2.75) is 39.4 Å². The number of esters is 1. The fourth-order valence-corrected chi connectivity index (χ4v) is 4.26. The summed E-state index contributed by atoms with van der Waals surface area (Å²) >= 11 is 6.39. The van der Waals surface area contributed by atoms with Crippen LogP contribution in [-0.4, -0.2) is 57.1 Å². The fourth-order valence-electron chi connectivity index (χ4n) is 4.08. The summed E-state index contributed by atoms with van der Waals surface area (Å²) in [5, 5.41) is 10.4. The standard InChI is InChI=1S/C26H32ClNO7/c1-6-34-22(30)13-21-25(31)28(14-26(2,3)15-29)19-11-10-16(27)12-18(19)23(35-21)17-8-7-9-20(32-4)24(17)33-5/h7-12,21,23,29H,6,13-15H2,1-5H3/t21-,23?/m1/s1. The highest BCUT2D eigenvalue weighted by Crippen LogP contribution is 2.45. The molecular weight excluding hydrogens is 474 g/mol. The maximum atomic E-state index is 13.8. The van der Waals surface area contributed by atoms with E-state index < -0.39 is 29.5 Å². The molecule has 1 aliphatic heterocycles. The van der Waals surface area contributed by atoms with Gasteiger partial charge in [0.2, 0.25) is 0 Å². The van der Waals surface area contributed by atoms with Gasteiger partial charge in [-0.25, -0.2) is 0 Å². The van der Waals surface area contributed by atoms with E-state index in [1.807, 2.05) is 19.9 Å². The van der Waals surface area contributed by atoms with Gasteiger partial charge in [-0.15, -0.1) is 0 Å². The van der Waals surface area contributed by atoms with Gasteiger partial charge in [0.25, 0.3) is 5.91 Å². The number of rotatable bonds is 9. The quantitative estimate of drug-likeness (QED) is 0.511. The molecule has 0 spiro atoms. The maximum absolute atomic E-state index is 13.8. The van der Waals surface area contributed by atoms with Crippen LogP contribution < -0.4 is 14.4 Å². The van der Waals surface area contributed by atoms with E-state index in [1.54, 1.807) is 42.2 Å². The SMILES string of the molecule is CCOC(=O)C[C@H]1OC(c2cccc(OC)c2OC)c2cc(Cl)ccc2N(CC(C)(C)CO)C1=O. The van der Waals surface area contributed by atoms with Crippen LogP contribution in [-0.2, 0) is 19.1 Å². The number of aliphatic hydroxyl groups excluding tert-OH is 1. The molecule has 2 aromatic rings. The number of ether oxygens (including phenoxy) is 4. The highest BCUT2D eigenvalue weighted by molar-refractivity contribution is 6.30. The monoisotopic (exact) mass is 505 g/mol. The van der Waals surface area contributed by atoms with E-state index in [0.29, 0.717) is 33.3 Å². The third kappa shape index (κ3) is 5.89. The molecule has 2 aromatic carbocycles. The number of halogens is 1. The molecule has 1 N–H and O–H groups in total. The third-order valence-corrected chi connectivity index (χ3v) is 6.03. The molecule has 1 amide bonds. The van der Waals surface area contributed by atoms with Crippen molar-refractivity contribution < 1.29 is 33.6 Å². The lowest BCUT2D eigenvalue weighted by Crippen LogP contribution is -2.46. The molecule has 3 rings (SSSR count). The van der Waals surface area contributed by atoms with Gasteiger partial charge in [-0.3, -0.25) is 9.59 Å². The molecule has 1 unspecified atom stereocenters. The minimum absolute atomic E-state index is 0.143. The van der Waals surface area contributed by atoms with Crippen molar-refractivity contribution in [2.24, 2.45) is 5.41 Å². The topological polar surface area (TPSA) is 94.5 Å². The predicted molar refractivity (Wildman–Crippen MR) is 132 cm³/mol. The zero-order chi connectivity index (χ0) is 25.8. The molecule has 2 atom stereocenters. The first kappa shape index (κ1) is 26.8. The Morgan fingerprint density at radius 1 is 1.17 bits per heavy atom. The maximum Gasteiger partial charge on any atom is 0.308 e. The van der Waals surface area contributed by atoms with Gasteiger partial charge in [0.15, 0.2) is 11.5 Å². The third-order valence-electron chi connectivity index (χ3n) is 5.79. The first-order valence-electron chi connectivity index (χ1n) is 11.4. The zero-order valence-corrected chi connectivity index (χ0v) is 21.4. The Morgan fingerprint density at radius 2 is 1.91 bits per heavy atom. The summed E-state index contributed by atoms with van der Waals surface area (Å²) in [6, 6.07) is 10.5. The molecule has 190 valence electrons. The summed E-state index contributed by atoms with van der Waals surface area (Å²) in [6.45, 7) is 5.64. The van der Waals surface area contributed by atoms with Gasteiger partial charge in [-0.05, 0) is 31.2 Å². The summed E-state index contributed by atoms with van der Waals surface area (Å²) < 4.78 is 22.6. The second kappa shape index (κ2) is 11.3. The molecule has 0 aromatic heterocycles. The molecule has 0 fully saturated rings. The summed E-state index contributed by atoms with van der Waals surface area (Å²) in [7, 11) is 3.06. The summed E-state index contributed by atoms with van der Waals surface area (Å²) in [4.78, 5) is 27.8. The van der Waals surface area contributed by atoms with E-state index in [1.165, 1.54) is 14.2 Å². The van der Waals surface area contributed by atoms with E-state index in [0.717, 1.165) is 0 Å². The molecule has 9 heteroatoms. The Kier molecular flexibility index (Phi) is 8.64. The van der Waals surface area contributed by atoms with Crippen molar-refractivity contribution in [2.75, 3.05) is 38.9 Å².